The first-order valence-electron chi connectivity index (χ1n) is 7.72. The van der Waals surface area contributed by atoms with Gasteiger partial charge < -0.3 is 24.4 Å². The SMILES string of the molecule is COCC1=C2[C@@H](O)C[C@@]3(C)O[C@]2(C[C@](C)(O)CCC3=O)OC1=O. The van der Waals surface area contributed by atoms with E-state index in [1.165, 1.54) is 7.11 Å². The predicted octanol–water partition coefficient (Wildman–Crippen LogP) is 0.226. The first-order valence-corrected chi connectivity index (χ1v) is 7.72. The number of aliphatic hydroxyl groups excluding tert-OH is 1. The Balaban J connectivity index is 2.15. The van der Waals surface area contributed by atoms with Crippen molar-refractivity contribution in [1.82, 2.24) is 0 Å². The summed E-state index contributed by atoms with van der Waals surface area (Å²) in [6.07, 6.45) is -0.663. The molecule has 23 heavy (non-hydrogen) atoms. The molecule has 3 heterocycles. The zero-order chi connectivity index (χ0) is 17.0. The van der Waals surface area contributed by atoms with Crippen LogP contribution < -0.4 is 0 Å². The second kappa shape index (κ2) is 5.11. The largest absolute Gasteiger partial charge is 0.425 e. The van der Waals surface area contributed by atoms with Gasteiger partial charge in [0.15, 0.2) is 5.78 Å². The third-order valence-electron chi connectivity index (χ3n) is 4.93. The maximum Gasteiger partial charge on any atom is 0.339 e. The van der Waals surface area contributed by atoms with Gasteiger partial charge in [-0.25, -0.2) is 4.79 Å². The fourth-order valence-electron chi connectivity index (χ4n) is 3.87. The Morgan fingerprint density at radius 1 is 1.35 bits per heavy atom. The molecule has 2 fully saturated rings. The van der Waals surface area contributed by atoms with E-state index in [2.05, 4.69) is 0 Å². The molecule has 0 radical (unpaired) electrons. The minimum Gasteiger partial charge on any atom is -0.425 e. The number of aliphatic hydroxyl groups is 2. The van der Waals surface area contributed by atoms with Crippen LogP contribution in [0.3, 0.4) is 0 Å². The van der Waals surface area contributed by atoms with Crippen LogP contribution in [0.15, 0.2) is 11.1 Å². The zero-order valence-electron chi connectivity index (χ0n) is 13.5. The van der Waals surface area contributed by atoms with Crippen LogP contribution >= 0.6 is 0 Å². The molecule has 2 saturated heterocycles. The van der Waals surface area contributed by atoms with Gasteiger partial charge in [-0.15, -0.1) is 0 Å². The molecule has 0 amide bonds. The molecule has 0 saturated carbocycles. The second-order valence-corrected chi connectivity index (χ2v) is 7.12. The molecule has 0 unspecified atom stereocenters. The van der Waals surface area contributed by atoms with Crippen molar-refractivity contribution in [1.29, 1.82) is 0 Å². The van der Waals surface area contributed by atoms with Crippen molar-refractivity contribution in [3.05, 3.63) is 11.1 Å². The number of hydrogen-bond donors (Lipinski definition) is 2. The van der Waals surface area contributed by atoms with Crippen LogP contribution in [0, 0.1) is 0 Å². The molecule has 2 bridgehead atoms. The molecule has 4 atom stereocenters. The third kappa shape index (κ3) is 2.52. The Kier molecular flexibility index (Phi) is 3.68. The Morgan fingerprint density at radius 3 is 2.70 bits per heavy atom. The van der Waals surface area contributed by atoms with Gasteiger partial charge in [0.1, 0.15) is 5.60 Å². The molecule has 3 rings (SSSR count). The monoisotopic (exact) mass is 326 g/mol. The Bertz CT molecular complexity index is 593. The smallest absolute Gasteiger partial charge is 0.339 e. The van der Waals surface area contributed by atoms with Gasteiger partial charge in [-0.3, -0.25) is 4.79 Å². The molecular weight excluding hydrogens is 304 g/mol. The standard InChI is InChI=1S/C16H22O7/c1-14(20)5-4-11(18)15(2)6-10(17)12-9(7-21-3)13(19)22-16(12,8-14)23-15/h10,17,20H,4-8H2,1-3H3/t10-,14+,15+,16-/m0/s1. The van der Waals surface area contributed by atoms with Crippen LogP contribution in [0.1, 0.15) is 39.5 Å². The van der Waals surface area contributed by atoms with E-state index in [1.54, 1.807) is 13.8 Å². The van der Waals surface area contributed by atoms with E-state index in [9.17, 15) is 19.8 Å². The molecule has 7 nitrogen and oxygen atoms in total. The number of rotatable bonds is 2. The van der Waals surface area contributed by atoms with Crippen molar-refractivity contribution < 1.29 is 34.0 Å². The number of carbonyl (C=O) groups excluding carboxylic acids is 2. The Labute approximate surface area is 134 Å². The fourth-order valence-corrected chi connectivity index (χ4v) is 3.87. The first kappa shape index (κ1) is 16.6. The zero-order valence-corrected chi connectivity index (χ0v) is 13.5. The normalized spacial score (nSPS) is 43.8. The topological polar surface area (TPSA) is 102 Å². The molecule has 0 aromatic heterocycles. The van der Waals surface area contributed by atoms with E-state index in [-0.39, 0.29) is 49.2 Å². The molecule has 2 N–H and O–H groups in total. The van der Waals surface area contributed by atoms with Gasteiger partial charge in [0.25, 0.3) is 0 Å². The number of Topliss-reactive ketones (excluding diaryl/α,β-unsaturated/α-hetero) is 1. The number of fused-ring (bicyclic) bond motifs is 1. The van der Waals surface area contributed by atoms with Crippen molar-refractivity contribution in [2.24, 2.45) is 0 Å². The number of carbonyl (C=O) groups is 2. The number of hydrogen-bond acceptors (Lipinski definition) is 7. The minimum atomic E-state index is -1.61. The summed E-state index contributed by atoms with van der Waals surface area (Å²) in [4.78, 5) is 24.7. The van der Waals surface area contributed by atoms with Crippen molar-refractivity contribution in [3.8, 4) is 0 Å². The molecule has 7 heteroatoms. The lowest BCUT2D eigenvalue weighted by atomic mass is 9.74. The molecule has 0 aromatic rings. The second-order valence-electron chi connectivity index (χ2n) is 7.12. The van der Waals surface area contributed by atoms with E-state index < -0.39 is 29.1 Å². The molecule has 1 spiro atoms. The number of esters is 1. The van der Waals surface area contributed by atoms with E-state index in [0.717, 1.165) is 0 Å². The summed E-state index contributed by atoms with van der Waals surface area (Å²) in [6.45, 7) is 3.14. The summed E-state index contributed by atoms with van der Waals surface area (Å²) in [5, 5.41) is 21.2. The van der Waals surface area contributed by atoms with Gasteiger partial charge in [0.05, 0.1) is 23.9 Å². The quantitative estimate of drug-likeness (QED) is 0.700. The van der Waals surface area contributed by atoms with Crippen LogP contribution in [0.25, 0.3) is 0 Å². The van der Waals surface area contributed by atoms with E-state index in [0.29, 0.717) is 0 Å². The highest BCUT2D eigenvalue weighted by Gasteiger charge is 2.63. The Morgan fingerprint density at radius 2 is 2.04 bits per heavy atom. The summed E-state index contributed by atoms with van der Waals surface area (Å²) in [5.74, 6) is -2.48. The molecule has 0 aliphatic carbocycles. The highest BCUT2D eigenvalue weighted by atomic mass is 16.7. The lowest BCUT2D eigenvalue weighted by Gasteiger charge is -2.49. The van der Waals surface area contributed by atoms with Crippen molar-refractivity contribution in [2.75, 3.05) is 13.7 Å². The summed E-state index contributed by atoms with van der Waals surface area (Å²) >= 11 is 0. The lowest BCUT2D eigenvalue weighted by Crippen LogP contribution is -2.60. The highest BCUT2D eigenvalue weighted by molar-refractivity contribution is 5.94. The van der Waals surface area contributed by atoms with E-state index in [1.807, 2.05) is 0 Å². The van der Waals surface area contributed by atoms with Gasteiger partial charge in [0, 0.05) is 31.9 Å². The third-order valence-corrected chi connectivity index (χ3v) is 4.93. The van der Waals surface area contributed by atoms with E-state index >= 15 is 0 Å². The molecule has 3 aliphatic rings. The predicted molar refractivity (Wildman–Crippen MR) is 77.3 cm³/mol. The van der Waals surface area contributed by atoms with Crippen LogP contribution in [0.5, 0.6) is 0 Å². The number of ether oxygens (including phenoxy) is 3. The van der Waals surface area contributed by atoms with Crippen LogP contribution in [-0.2, 0) is 23.8 Å². The number of ketones is 1. The van der Waals surface area contributed by atoms with Gasteiger partial charge in [0.2, 0.25) is 5.79 Å². The van der Waals surface area contributed by atoms with E-state index in [4.69, 9.17) is 14.2 Å². The average Bonchev–Trinajstić information content (AvgIpc) is 2.67. The summed E-state index contributed by atoms with van der Waals surface area (Å²) in [7, 11) is 1.43. The van der Waals surface area contributed by atoms with Crippen LogP contribution in [-0.4, -0.2) is 58.8 Å². The maximum atomic E-state index is 12.5. The van der Waals surface area contributed by atoms with Crippen LogP contribution in [0.4, 0.5) is 0 Å². The fraction of sp³-hybridized carbons (Fsp3) is 0.750. The summed E-state index contributed by atoms with van der Waals surface area (Å²) < 4.78 is 16.4. The van der Waals surface area contributed by atoms with Gasteiger partial charge >= 0.3 is 5.97 Å². The first-order chi connectivity index (χ1) is 10.6. The molecule has 128 valence electrons. The minimum absolute atomic E-state index is 0.0247. The summed E-state index contributed by atoms with van der Waals surface area (Å²) in [5.41, 5.74) is -2.03. The highest BCUT2D eigenvalue weighted by Crippen LogP contribution is 2.51. The summed E-state index contributed by atoms with van der Waals surface area (Å²) in [6, 6.07) is 0. The number of methoxy groups -OCH3 is 1. The van der Waals surface area contributed by atoms with Gasteiger partial charge in [-0.05, 0) is 20.3 Å². The van der Waals surface area contributed by atoms with Crippen molar-refractivity contribution in [3.63, 3.8) is 0 Å². The lowest BCUT2D eigenvalue weighted by molar-refractivity contribution is -0.283. The molecular formula is C16H22O7. The average molecular weight is 326 g/mol. The molecule has 0 aromatic carbocycles. The molecule has 3 aliphatic heterocycles. The van der Waals surface area contributed by atoms with Crippen LogP contribution in [0.2, 0.25) is 0 Å². The van der Waals surface area contributed by atoms with Gasteiger partial charge in [-0.2, -0.15) is 0 Å². The van der Waals surface area contributed by atoms with Crippen molar-refractivity contribution >= 4 is 11.8 Å². The maximum absolute atomic E-state index is 12.5. The van der Waals surface area contributed by atoms with Gasteiger partial charge in [-0.1, -0.05) is 0 Å². The Hall–Kier alpha value is -1.28. The van der Waals surface area contributed by atoms with Crippen molar-refractivity contribution in [2.45, 2.75) is 62.6 Å².